The molecule has 0 aliphatic carbocycles. The van der Waals surface area contributed by atoms with Gasteiger partial charge in [-0.1, -0.05) is 23.7 Å². The molecule has 84 valence electrons. The fourth-order valence-corrected chi connectivity index (χ4v) is 1.80. The lowest BCUT2D eigenvalue weighted by atomic mass is 10.1. The van der Waals surface area contributed by atoms with Gasteiger partial charge in [0.1, 0.15) is 0 Å². The molecule has 0 unspecified atom stereocenters. The number of hydrogen-bond donors (Lipinski definition) is 0. The van der Waals surface area contributed by atoms with Gasteiger partial charge in [0.15, 0.2) is 11.5 Å². The van der Waals surface area contributed by atoms with Crippen LogP contribution in [0.3, 0.4) is 0 Å². The molecule has 5 heteroatoms. The second-order valence-corrected chi connectivity index (χ2v) is 4.18. The van der Waals surface area contributed by atoms with Crippen molar-refractivity contribution in [3.63, 3.8) is 0 Å². The third-order valence-electron chi connectivity index (χ3n) is 2.56. The van der Waals surface area contributed by atoms with Crippen LogP contribution < -0.4 is 0 Å². The van der Waals surface area contributed by atoms with Crippen molar-refractivity contribution >= 4 is 17.2 Å². The Bertz CT molecular complexity index is 673. The molecular weight excluding hydrogens is 236 g/mol. The van der Waals surface area contributed by atoms with Gasteiger partial charge in [-0.15, -0.1) is 10.2 Å². The van der Waals surface area contributed by atoms with Gasteiger partial charge in [-0.2, -0.15) is 9.61 Å². The maximum Gasteiger partial charge on any atom is 0.177 e. The Kier molecular flexibility index (Phi) is 2.30. The summed E-state index contributed by atoms with van der Waals surface area (Å²) in [7, 11) is 0. The number of aryl methyl sites for hydroxylation is 1. The zero-order valence-corrected chi connectivity index (χ0v) is 9.89. The maximum atomic E-state index is 5.86. The largest absolute Gasteiger partial charge is 0.197 e. The van der Waals surface area contributed by atoms with Gasteiger partial charge in [0, 0.05) is 10.6 Å². The van der Waals surface area contributed by atoms with Gasteiger partial charge in [-0.3, -0.25) is 0 Å². The Labute approximate surface area is 103 Å². The Morgan fingerprint density at radius 1 is 1.00 bits per heavy atom. The van der Waals surface area contributed by atoms with Crippen LogP contribution in [0.4, 0.5) is 0 Å². The molecule has 0 amide bonds. The lowest BCUT2D eigenvalue weighted by molar-refractivity contribution is 0.880. The first-order valence-corrected chi connectivity index (χ1v) is 5.57. The third kappa shape index (κ3) is 1.76. The summed E-state index contributed by atoms with van der Waals surface area (Å²) in [6.45, 7) is 1.87. The molecule has 0 spiro atoms. The van der Waals surface area contributed by atoms with Crippen molar-refractivity contribution in [1.29, 1.82) is 0 Å². The zero-order valence-electron chi connectivity index (χ0n) is 9.13. The average molecular weight is 245 g/mol. The number of nitrogens with zero attached hydrogens (tertiary/aromatic N) is 4. The summed E-state index contributed by atoms with van der Waals surface area (Å²) in [5.41, 5.74) is 2.64. The average Bonchev–Trinajstić information content (AvgIpc) is 2.72. The quantitative estimate of drug-likeness (QED) is 0.661. The zero-order chi connectivity index (χ0) is 11.8. The first-order valence-electron chi connectivity index (χ1n) is 5.19. The van der Waals surface area contributed by atoms with Crippen LogP contribution in [0.2, 0.25) is 5.02 Å². The van der Waals surface area contributed by atoms with Crippen molar-refractivity contribution in [2.24, 2.45) is 0 Å². The van der Waals surface area contributed by atoms with E-state index >= 15 is 0 Å². The summed E-state index contributed by atoms with van der Waals surface area (Å²) in [5, 5.41) is 13.2. The number of aromatic nitrogens is 4. The number of hydrogen-bond acceptors (Lipinski definition) is 3. The number of fused-ring (bicyclic) bond motifs is 1. The molecule has 2 heterocycles. The predicted molar refractivity (Wildman–Crippen MR) is 66.0 cm³/mol. The Balaban J connectivity index is 2.17. The SMILES string of the molecule is Cc1nnc2ccc(-c3ccc(Cl)cc3)nn12. The minimum atomic E-state index is 0.718. The monoisotopic (exact) mass is 244 g/mol. The van der Waals surface area contributed by atoms with Gasteiger partial charge in [0.05, 0.1) is 5.69 Å². The van der Waals surface area contributed by atoms with Crippen LogP contribution >= 0.6 is 11.6 Å². The molecule has 0 saturated heterocycles. The molecule has 1 aromatic carbocycles. The lowest BCUT2D eigenvalue weighted by Gasteiger charge is -2.01. The molecule has 0 radical (unpaired) electrons. The summed E-state index contributed by atoms with van der Waals surface area (Å²) in [4.78, 5) is 0. The molecule has 4 nitrogen and oxygen atoms in total. The first kappa shape index (κ1) is 10.2. The van der Waals surface area contributed by atoms with E-state index in [9.17, 15) is 0 Å². The molecule has 0 aliphatic rings. The van der Waals surface area contributed by atoms with Crippen molar-refractivity contribution in [3.8, 4) is 11.3 Å². The molecular formula is C12H9ClN4. The summed E-state index contributed by atoms with van der Waals surface area (Å²) in [6.07, 6.45) is 0. The minimum absolute atomic E-state index is 0.718. The standard InChI is InChI=1S/C12H9ClN4/c1-8-14-15-12-7-6-11(16-17(8)12)9-2-4-10(13)5-3-9/h2-7H,1H3. The van der Waals surface area contributed by atoms with Crippen LogP contribution in [-0.4, -0.2) is 19.8 Å². The molecule has 0 aliphatic heterocycles. The van der Waals surface area contributed by atoms with Crippen molar-refractivity contribution in [3.05, 3.63) is 47.2 Å². The smallest absolute Gasteiger partial charge is 0.177 e. The molecule has 0 bridgehead atoms. The van der Waals surface area contributed by atoms with E-state index in [1.807, 2.05) is 43.3 Å². The van der Waals surface area contributed by atoms with Crippen LogP contribution in [0.1, 0.15) is 5.82 Å². The Hall–Kier alpha value is -1.94. The van der Waals surface area contributed by atoms with E-state index < -0.39 is 0 Å². The third-order valence-corrected chi connectivity index (χ3v) is 2.81. The van der Waals surface area contributed by atoms with E-state index in [2.05, 4.69) is 15.3 Å². The Morgan fingerprint density at radius 3 is 2.53 bits per heavy atom. The summed E-state index contributed by atoms with van der Waals surface area (Å²) >= 11 is 5.86. The first-order chi connectivity index (χ1) is 8.24. The topological polar surface area (TPSA) is 43.1 Å². The van der Waals surface area contributed by atoms with E-state index in [1.54, 1.807) is 4.52 Å². The van der Waals surface area contributed by atoms with Crippen LogP contribution in [0.15, 0.2) is 36.4 Å². The number of halogens is 1. The van der Waals surface area contributed by atoms with E-state index in [-0.39, 0.29) is 0 Å². The fraction of sp³-hybridized carbons (Fsp3) is 0.0833. The molecule has 0 fully saturated rings. The van der Waals surface area contributed by atoms with Crippen molar-refractivity contribution in [2.45, 2.75) is 6.92 Å². The van der Waals surface area contributed by atoms with Crippen LogP contribution in [-0.2, 0) is 0 Å². The highest BCUT2D eigenvalue weighted by Gasteiger charge is 2.05. The molecule has 0 N–H and O–H groups in total. The van der Waals surface area contributed by atoms with Crippen LogP contribution in [0.5, 0.6) is 0 Å². The molecule has 2 aromatic heterocycles. The molecule has 0 atom stereocenters. The maximum absolute atomic E-state index is 5.86. The van der Waals surface area contributed by atoms with Crippen molar-refractivity contribution in [2.75, 3.05) is 0 Å². The summed E-state index contributed by atoms with van der Waals surface area (Å²) in [6, 6.07) is 11.4. The van der Waals surface area contributed by atoms with Gasteiger partial charge in [-0.05, 0) is 31.2 Å². The molecule has 17 heavy (non-hydrogen) atoms. The second-order valence-electron chi connectivity index (χ2n) is 3.74. The van der Waals surface area contributed by atoms with Gasteiger partial charge < -0.3 is 0 Å². The highest BCUT2D eigenvalue weighted by atomic mass is 35.5. The van der Waals surface area contributed by atoms with Gasteiger partial charge in [0.2, 0.25) is 0 Å². The van der Waals surface area contributed by atoms with Gasteiger partial charge in [-0.25, -0.2) is 0 Å². The van der Waals surface area contributed by atoms with Gasteiger partial charge in [0.25, 0.3) is 0 Å². The molecule has 0 saturated carbocycles. The van der Waals surface area contributed by atoms with Crippen LogP contribution in [0.25, 0.3) is 16.9 Å². The van der Waals surface area contributed by atoms with Crippen LogP contribution in [0, 0.1) is 6.92 Å². The normalized spacial score (nSPS) is 10.9. The lowest BCUT2D eigenvalue weighted by Crippen LogP contribution is -1.96. The summed E-state index contributed by atoms with van der Waals surface area (Å²) < 4.78 is 1.73. The highest BCUT2D eigenvalue weighted by Crippen LogP contribution is 2.19. The van der Waals surface area contributed by atoms with Crippen molar-refractivity contribution < 1.29 is 0 Å². The summed E-state index contributed by atoms with van der Waals surface area (Å²) in [5.74, 6) is 0.774. The number of rotatable bonds is 1. The Morgan fingerprint density at radius 2 is 1.76 bits per heavy atom. The second kappa shape index (κ2) is 3.82. The van der Waals surface area contributed by atoms with Gasteiger partial charge >= 0.3 is 0 Å². The fourth-order valence-electron chi connectivity index (χ4n) is 1.67. The van der Waals surface area contributed by atoms with E-state index in [0.29, 0.717) is 0 Å². The highest BCUT2D eigenvalue weighted by molar-refractivity contribution is 6.30. The van der Waals surface area contributed by atoms with E-state index in [1.165, 1.54) is 0 Å². The molecule has 3 aromatic rings. The van der Waals surface area contributed by atoms with E-state index in [4.69, 9.17) is 11.6 Å². The predicted octanol–water partition coefficient (Wildman–Crippen LogP) is 2.75. The minimum Gasteiger partial charge on any atom is -0.197 e. The number of benzene rings is 1. The van der Waals surface area contributed by atoms with E-state index in [0.717, 1.165) is 27.8 Å². The van der Waals surface area contributed by atoms with Crippen molar-refractivity contribution in [1.82, 2.24) is 19.8 Å². The molecule has 3 rings (SSSR count).